The second-order valence-electron chi connectivity index (χ2n) is 23.7. The number of ketones is 1. The van der Waals surface area contributed by atoms with Crippen molar-refractivity contribution in [1.29, 1.82) is 0 Å². The maximum Gasteiger partial charge on any atom is 0.328 e. The highest BCUT2D eigenvalue weighted by Gasteiger charge is 2.44. The first-order valence-corrected chi connectivity index (χ1v) is 33.0. The Morgan fingerprint density at radius 2 is 1.24 bits per heavy atom. The fourth-order valence-electron chi connectivity index (χ4n) is 10.4. The van der Waals surface area contributed by atoms with E-state index in [0.717, 1.165) is 44.1 Å². The lowest BCUT2D eigenvalue weighted by Gasteiger charge is -2.24. The third-order valence-electron chi connectivity index (χ3n) is 15.4. The number of aromatic nitrogens is 6. The van der Waals surface area contributed by atoms with Crippen LogP contribution >= 0.6 is 15.9 Å². The molecule has 6 amide bonds. The smallest absolute Gasteiger partial charge is 0.328 e. The molecular weight excluding hydrogens is 1270 g/mol. The molecule has 2 atom stereocenters. The molecule has 0 bridgehead atoms. The Morgan fingerprint density at radius 3 is 1.83 bits per heavy atom. The zero-order chi connectivity index (χ0) is 67.4. The number of fused-ring (bicyclic) bond motifs is 1. The number of Topliss-reactive ketones (excluding diaryl/α,β-unsaturated/α-hetero) is 1. The summed E-state index contributed by atoms with van der Waals surface area (Å²) >= 11 is 3.35. The number of likely N-dealkylation sites (tertiary alicyclic amines) is 1. The molecule has 27 nitrogen and oxygen atoms in total. The molecule has 0 unspecified atom stereocenters. The van der Waals surface area contributed by atoms with Crippen molar-refractivity contribution < 1.29 is 71.6 Å². The Labute approximate surface area is 552 Å². The van der Waals surface area contributed by atoms with Gasteiger partial charge in [-0.3, -0.25) is 48.0 Å². The molecule has 0 spiro atoms. The molecule has 4 aromatic rings. The summed E-state index contributed by atoms with van der Waals surface area (Å²) in [5, 5.41) is 18.7. The first kappa shape index (κ1) is 76.3. The van der Waals surface area contributed by atoms with Gasteiger partial charge in [-0.1, -0.05) is 97.0 Å². The highest BCUT2D eigenvalue weighted by atomic mass is 79.9. The van der Waals surface area contributed by atoms with E-state index in [1.807, 2.05) is 26.8 Å². The Morgan fingerprint density at radius 1 is 0.667 bits per heavy atom. The summed E-state index contributed by atoms with van der Waals surface area (Å²) in [5.41, 5.74) is 2.03. The van der Waals surface area contributed by atoms with Crippen LogP contribution in [0.1, 0.15) is 165 Å². The summed E-state index contributed by atoms with van der Waals surface area (Å²) in [6.07, 6.45) is 21.5. The number of carbonyl (C=O) groups excluding carboxylic acids is 9. The van der Waals surface area contributed by atoms with Crippen LogP contribution in [-0.4, -0.2) is 187 Å². The van der Waals surface area contributed by atoms with Crippen LogP contribution in [0.3, 0.4) is 0 Å². The predicted octanol–water partition coefficient (Wildman–Crippen LogP) is 6.59. The summed E-state index contributed by atoms with van der Waals surface area (Å²) in [6, 6.07) is 3.62. The maximum atomic E-state index is 14.0. The lowest BCUT2D eigenvalue weighted by Crippen LogP contribution is -2.44. The van der Waals surface area contributed by atoms with E-state index < -0.39 is 24.0 Å². The van der Waals surface area contributed by atoms with Crippen molar-refractivity contribution in [1.82, 2.24) is 55.9 Å². The van der Waals surface area contributed by atoms with E-state index in [4.69, 9.17) is 23.7 Å². The third kappa shape index (κ3) is 28.8. The van der Waals surface area contributed by atoms with Gasteiger partial charge in [0.2, 0.25) is 35.4 Å². The Hall–Kier alpha value is -7.40. The van der Waals surface area contributed by atoms with Gasteiger partial charge in [0, 0.05) is 69.2 Å². The number of hydrogen-bond acceptors (Lipinski definition) is 20. The molecule has 1 aliphatic heterocycles. The SMILES string of the molecule is COC(=O)CCCCCCCCCCCCCCCCC(=O)N[C@@H](CCC(=O)NCCOCCOCC(=O)NCCOCCOCC(=O)NCc1ncc(-c2cc3c(C(C)=O)nn(CC(=O)N4CC(C)(C)C[C@H]4C(=O)Nc4nc(Br)ccc4C)c3cn2)cn1)C(=O)OC. The number of anilines is 1. The second kappa shape index (κ2) is 42.0. The molecular formula is C65H95BrN12O15. The van der Waals surface area contributed by atoms with Gasteiger partial charge >= 0.3 is 11.9 Å². The number of hydrogen-bond donors (Lipinski definition) is 5. The van der Waals surface area contributed by atoms with Crippen molar-refractivity contribution in [2.45, 2.75) is 175 Å². The number of amides is 6. The molecule has 0 saturated carbocycles. The fourth-order valence-corrected chi connectivity index (χ4v) is 10.7. The average molecular weight is 1360 g/mol. The van der Waals surface area contributed by atoms with E-state index in [1.165, 1.54) is 83.4 Å². The molecule has 0 radical (unpaired) electrons. The van der Waals surface area contributed by atoms with Crippen LogP contribution in [0.15, 0.2) is 41.4 Å². The molecule has 0 aromatic carbocycles. The maximum absolute atomic E-state index is 14.0. The number of rotatable bonds is 46. The van der Waals surface area contributed by atoms with Crippen LogP contribution in [0.4, 0.5) is 5.82 Å². The number of esters is 2. The molecule has 1 saturated heterocycles. The van der Waals surface area contributed by atoms with Gasteiger partial charge < -0.3 is 59.9 Å². The molecule has 4 aromatic heterocycles. The predicted molar refractivity (Wildman–Crippen MR) is 348 cm³/mol. The average Bonchev–Trinajstić information content (AvgIpc) is 1.65. The minimum absolute atomic E-state index is 0.00298. The van der Waals surface area contributed by atoms with E-state index in [2.05, 4.69) is 72.3 Å². The van der Waals surface area contributed by atoms with E-state index in [1.54, 1.807) is 29.4 Å². The van der Waals surface area contributed by atoms with Crippen molar-refractivity contribution in [2.75, 3.05) is 92.0 Å². The largest absolute Gasteiger partial charge is 0.469 e. The van der Waals surface area contributed by atoms with Gasteiger partial charge in [0.05, 0.1) is 77.8 Å². The van der Waals surface area contributed by atoms with Crippen molar-refractivity contribution in [3.63, 3.8) is 0 Å². The van der Waals surface area contributed by atoms with Gasteiger partial charge in [-0.2, -0.15) is 5.10 Å². The number of unbranched alkanes of at least 4 members (excludes halogenated alkanes) is 13. The summed E-state index contributed by atoms with van der Waals surface area (Å²) < 4.78 is 33.2. The van der Waals surface area contributed by atoms with Crippen LogP contribution in [0.25, 0.3) is 22.2 Å². The van der Waals surface area contributed by atoms with Crippen LogP contribution in [0, 0.1) is 12.3 Å². The number of ether oxygens (including phenoxy) is 6. The minimum Gasteiger partial charge on any atom is -0.469 e. The lowest BCUT2D eigenvalue weighted by molar-refractivity contribution is -0.145. The molecule has 512 valence electrons. The highest BCUT2D eigenvalue weighted by Crippen LogP contribution is 2.35. The number of carbonyl (C=O) groups is 9. The lowest BCUT2D eigenvalue weighted by atomic mass is 9.90. The van der Waals surface area contributed by atoms with Crippen molar-refractivity contribution in [3.05, 3.63) is 58.5 Å². The monoisotopic (exact) mass is 1360 g/mol. The van der Waals surface area contributed by atoms with Gasteiger partial charge in [-0.25, -0.2) is 19.7 Å². The number of nitrogens with zero attached hydrogens (tertiary/aromatic N) is 7. The van der Waals surface area contributed by atoms with Gasteiger partial charge in [0.25, 0.3) is 0 Å². The number of halogens is 1. The number of nitrogens with one attached hydrogen (secondary N) is 5. The topological polar surface area (TPSA) is 342 Å². The molecule has 93 heavy (non-hydrogen) atoms. The first-order chi connectivity index (χ1) is 44.8. The summed E-state index contributed by atoms with van der Waals surface area (Å²) in [5.74, 6) is -2.31. The number of aryl methyl sites for hydroxylation is 1. The Balaban J connectivity index is 0.842. The van der Waals surface area contributed by atoms with E-state index >= 15 is 0 Å². The molecule has 28 heteroatoms. The summed E-state index contributed by atoms with van der Waals surface area (Å²) in [6.45, 7) is 8.42. The molecule has 5 rings (SSSR count). The standard InChI is InChI=1S/C65H95BrN12O15/c1-45-23-25-53(66)74-62(45)75-63(86)51-36-65(3,4)44-77(51)59(84)41-78-52-39-69-50(35-48(52)61(76-78)46(2)79)47-37-70-54(71-38-47)40-72-58(83)43-93-34-32-91-30-28-68-57(82)42-92-33-31-90-29-27-67-55(80)26-24-49(64(87)89-6)73-56(81)21-19-17-15-13-11-9-7-8-10-12-14-16-18-20-22-60(85)88-5/h23,25,35,37-39,49,51H,7-22,24,26-34,36,40-44H2,1-6H3,(H,67,80)(H,68,82)(H,72,83)(H,73,81)(H,74,75,86)/t49-,51-/m0/s1. The highest BCUT2D eigenvalue weighted by molar-refractivity contribution is 9.10. The molecule has 1 fully saturated rings. The number of methoxy groups -OCH3 is 2. The Bertz CT molecular complexity index is 3060. The molecule has 5 N–H and O–H groups in total. The van der Waals surface area contributed by atoms with Crippen molar-refractivity contribution in [2.24, 2.45) is 5.41 Å². The normalized spacial score (nSPS) is 13.7. The minimum atomic E-state index is -0.924. The van der Waals surface area contributed by atoms with Crippen LogP contribution in [-0.2, 0) is 79.9 Å². The van der Waals surface area contributed by atoms with Crippen molar-refractivity contribution in [3.8, 4) is 11.3 Å². The quantitative estimate of drug-likeness (QED) is 0.0135. The molecule has 1 aliphatic rings. The molecule has 0 aliphatic carbocycles. The van der Waals surface area contributed by atoms with Gasteiger partial charge in [0.1, 0.15) is 53.8 Å². The van der Waals surface area contributed by atoms with E-state index in [9.17, 15) is 43.2 Å². The summed E-state index contributed by atoms with van der Waals surface area (Å²) in [4.78, 5) is 133. The third-order valence-corrected chi connectivity index (χ3v) is 15.9. The fraction of sp³-hybridized carbons (Fsp3) is 0.631. The van der Waals surface area contributed by atoms with Crippen LogP contribution in [0.5, 0.6) is 0 Å². The van der Waals surface area contributed by atoms with Gasteiger partial charge in [-0.05, 0) is 71.6 Å². The second-order valence-corrected chi connectivity index (χ2v) is 24.6. The Kier molecular flexibility index (Phi) is 34.5. The zero-order valence-corrected chi connectivity index (χ0v) is 56.5. The number of pyridine rings is 2. The van der Waals surface area contributed by atoms with Crippen LogP contribution < -0.4 is 26.6 Å². The van der Waals surface area contributed by atoms with E-state index in [0.29, 0.717) is 64.2 Å². The molecule has 5 heterocycles. The zero-order valence-electron chi connectivity index (χ0n) is 54.9. The van der Waals surface area contributed by atoms with E-state index in [-0.39, 0.29) is 144 Å². The van der Waals surface area contributed by atoms with Gasteiger partial charge in [-0.15, -0.1) is 0 Å². The van der Waals surface area contributed by atoms with Gasteiger partial charge in [0.15, 0.2) is 5.78 Å². The van der Waals surface area contributed by atoms with Crippen molar-refractivity contribution >= 4 is 85.8 Å². The summed E-state index contributed by atoms with van der Waals surface area (Å²) in [7, 11) is 2.67. The van der Waals surface area contributed by atoms with Crippen LogP contribution in [0.2, 0.25) is 0 Å². The first-order valence-electron chi connectivity index (χ1n) is 32.2.